The zero-order valence-corrected chi connectivity index (χ0v) is 22.7. The molecule has 0 radical (unpaired) electrons. The van der Waals surface area contributed by atoms with Gasteiger partial charge in [0.2, 0.25) is 0 Å². The van der Waals surface area contributed by atoms with Crippen LogP contribution in [0.5, 0.6) is 0 Å². The number of benzene rings is 2. The molecule has 2 aromatic heterocycles. The van der Waals surface area contributed by atoms with Crippen LogP contribution in [0.15, 0.2) is 60.8 Å². The van der Waals surface area contributed by atoms with Gasteiger partial charge in [0.05, 0.1) is 26.9 Å². The Labute approximate surface area is 239 Å². The topological polar surface area (TPSA) is 56.4 Å². The number of para-hydroxylation sites is 1. The second-order valence-electron chi connectivity index (χ2n) is 9.77. The quantitative estimate of drug-likeness (QED) is 0.185. The summed E-state index contributed by atoms with van der Waals surface area (Å²) >= 11 is 7.09. The van der Waals surface area contributed by atoms with Crippen molar-refractivity contribution in [1.29, 1.82) is 0 Å². The molecule has 41 heavy (non-hydrogen) atoms. The van der Waals surface area contributed by atoms with E-state index in [0.29, 0.717) is 21.3 Å². The fraction of sp³-hybridized carbons (Fsp3) is 0.286. The molecule has 5 nitrogen and oxygen atoms in total. The summed E-state index contributed by atoms with van der Waals surface area (Å²) in [5, 5.41) is 0.875. The van der Waals surface area contributed by atoms with Crippen molar-refractivity contribution < 1.29 is 35.9 Å². The van der Waals surface area contributed by atoms with E-state index in [-0.39, 0.29) is 44.4 Å². The molecule has 0 bridgehead atoms. The maximum absolute atomic E-state index is 13.6. The Morgan fingerprint density at radius 3 is 2.27 bits per heavy atom. The number of amides is 1. The molecule has 0 aliphatic carbocycles. The van der Waals surface area contributed by atoms with Crippen LogP contribution in [0.2, 0.25) is 4.34 Å². The van der Waals surface area contributed by atoms with E-state index in [1.54, 1.807) is 18.3 Å². The van der Waals surface area contributed by atoms with Crippen molar-refractivity contribution in [1.82, 2.24) is 14.8 Å². The number of piperazine rings is 1. The third-order valence-corrected chi connectivity index (χ3v) is 8.28. The van der Waals surface area contributed by atoms with Gasteiger partial charge in [-0.2, -0.15) is 26.3 Å². The number of fused-ring (bicyclic) bond motifs is 1. The Balaban J connectivity index is 1.47. The van der Waals surface area contributed by atoms with Gasteiger partial charge in [-0.15, -0.1) is 11.3 Å². The molecule has 13 heteroatoms. The molecule has 1 fully saturated rings. The number of carbonyl (C=O) groups excluding carboxylic acids is 2. The Bertz CT molecular complexity index is 1560. The van der Waals surface area contributed by atoms with Crippen LogP contribution in [-0.2, 0) is 18.8 Å². The number of nitrogens with zero attached hydrogens (tertiary/aromatic N) is 2. The highest BCUT2D eigenvalue weighted by atomic mass is 35.5. The summed E-state index contributed by atoms with van der Waals surface area (Å²) in [6.07, 6.45) is -8.14. The minimum atomic E-state index is -5.08. The number of hydrogen-bond acceptors (Lipinski definition) is 4. The highest BCUT2D eigenvalue weighted by molar-refractivity contribution is 7.18. The van der Waals surface area contributed by atoms with Crippen molar-refractivity contribution in [2.45, 2.75) is 24.8 Å². The summed E-state index contributed by atoms with van der Waals surface area (Å²) in [4.78, 5) is 33.2. The van der Waals surface area contributed by atoms with Crippen molar-refractivity contribution >= 4 is 45.5 Å². The van der Waals surface area contributed by atoms with Crippen LogP contribution in [0.25, 0.3) is 10.9 Å². The third-order valence-electron chi connectivity index (χ3n) is 7.01. The van der Waals surface area contributed by atoms with Gasteiger partial charge in [0.15, 0.2) is 5.78 Å². The number of aromatic amines is 1. The lowest BCUT2D eigenvalue weighted by atomic mass is 9.98. The van der Waals surface area contributed by atoms with Crippen LogP contribution in [0, 0.1) is 0 Å². The van der Waals surface area contributed by atoms with Crippen LogP contribution >= 0.6 is 22.9 Å². The molecular weight excluding hydrogens is 592 g/mol. The van der Waals surface area contributed by atoms with Gasteiger partial charge in [0.1, 0.15) is 0 Å². The molecule has 1 aliphatic rings. The molecule has 0 spiro atoms. The van der Waals surface area contributed by atoms with E-state index < -0.39 is 41.0 Å². The molecule has 4 aromatic rings. The normalized spacial score (nSPS) is 16.9. The third kappa shape index (κ3) is 6.44. The van der Waals surface area contributed by atoms with Gasteiger partial charge in [-0.05, 0) is 48.4 Å². The predicted octanol–water partition coefficient (Wildman–Crippen LogP) is 7.17. The molecule has 2 aromatic carbocycles. The lowest BCUT2D eigenvalue weighted by Crippen LogP contribution is -2.56. The number of Topliss-reactive ketones (excluding diaryl/α,β-unsaturated/α-hetero) is 1. The predicted molar refractivity (Wildman–Crippen MR) is 143 cm³/mol. The molecule has 5 rings (SSSR count). The molecule has 216 valence electrons. The Kier molecular flexibility index (Phi) is 7.92. The largest absolute Gasteiger partial charge is 0.416 e. The van der Waals surface area contributed by atoms with Gasteiger partial charge < -0.3 is 9.88 Å². The van der Waals surface area contributed by atoms with E-state index in [2.05, 4.69) is 4.98 Å². The van der Waals surface area contributed by atoms with Gasteiger partial charge in [-0.3, -0.25) is 14.5 Å². The standard InChI is InChI=1S/C28H22ClF6N3O2S/c29-25-6-5-24(41-25)23(39)15-37-7-8-38(20(14-37)11-17-13-36-22-4-2-1-3-21(17)22)26(40)16-9-18(27(30,31)32)12-19(10-16)28(33,34)35/h1-6,9-10,12-13,20,36H,7-8,11,14-15H2. The second kappa shape index (κ2) is 11.1. The summed E-state index contributed by atoms with van der Waals surface area (Å²) in [5.41, 5.74) is -2.15. The van der Waals surface area contributed by atoms with Crippen LogP contribution in [0.4, 0.5) is 26.3 Å². The Morgan fingerprint density at radius 1 is 0.951 bits per heavy atom. The van der Waals surface area contributed by atoms with E-state index in [1.807, 2.05) is 29.2 Å². The van der Waals surface area contributed by atoms with Gasteiger partial charge >= 0.3 is 12.4 Å². The van der Waals surface area contributed by atoms with Gasteiger partial charge in [0.25, 0.3) is 5.91 Å². The first-order chi connectivity index (χ1) is 19.3. The average molecular weight is 614 g/mol. The van der Waals surface area contributed by atoms with Crippen molar-refractivity contribution in [3.05, 3.63) is 92.3 Å². The van der Waals surface area contributed by atoms with Gasteiger partial charge in [0, 0.05) is 48.3 Å². The number of halogens is 7. The smallest absolute Gasteiger partial charge is 0.361 e. The first kappa shape index (κ1) is 29.2. The molecule has 1 saturated heterocycles. The Hall–Kier alpha value is -3.35. The van der Waals surface area contributed by atoms with E-state index >= 15 is 0 Å². The minimum Gasteiger partial charge on any atom is -0.361 e. The average Bonchev–Trinajstić information content (AvgIpc) is 3.53. The molecule has 1 unspecified atom stereocenters. The number of alkyl halides is 6. The minimum absolute atomic E-state index is 0.000581. The number of H-pyrrole nitrogens is 1. The summed E-state index contributed by atoms with van der Waals surface area (Å²) < 4.78 is 81.4. The number of aromatic nitrogens is 1. The van der Waals surface area contributed by atoms with E-state index in [9.17, 15) is 35.9 Å². The lowest BCUT2D eigenvalue weighted by molar-refractivity contribution is -0.143. The van der Waals surface area contributed by atoms with Gasteiger partial charge in [-0.25, -0.2) is 0 Å². The molecule has 3 heterocycles. The fourth-order valence-electron chi connectivity index (χ4n) is 5.05. The SMILES string of the molecule is O=C(CN1CCN(C(=O)c2cc(C(F)(F)F)cc(C(F)(F)F)c2)C(Cc2c[nH]c3ccccc23)C1)c1ccc(Cl)s1. The van der Waals surface area contributed by atoms with Crippen molar-refractivity contribution in [2.75, 3.05) is 26.2 Å². The first-order valence-electron chi connectivity index (χ1n) is 12.5. The van der Waals surface area contributed by atoms with Crippen molar-refractivity contribution in [3.63, 3.8) is 0 Å². The number of ketones is 1. The van der Waals surface area contributed by atoms with Crippen LogP contribution in [0.1, 0.15) is 36.7 Å². The van der Waals surface area contributed by atoms with E-state index in [4.69, 9.17) is 11.6 Å². The maximum Gasteiger partial charge on any atom is 0.416 e. The van der Waals surface area contributed by atoms with Crippen molar-refractivity contribution in [2.24, 2.45) is 0 Å². The molecular formula is C28H22ClF6N3O2S. The molecule has 1 N–H and O–H groups in total. The van der Waals surface area contributed by atoms with E-state index in [0.717, 1.165) is 27.8 Å². The number of rotatable bonds is 6. The Morgan fingerprint density at radius 2 is 1.63 bits per heavy atom. The van der Waals surface area contributed by atoms with Gasteiger partial charge in [-0.1, -0.05) is 29.8 Å². The first-order valence-corrected chi connectivity index (χ1v) is 13.7. The van der Waals surface area contributed by atoms with Crippen LogP contribution in [0.3, 0.4) is 0 Å². The second-order valence-corrected chi connectivity index (χ2v) is 11.5. The number of carbonyl (C=O) groups is 2. The summed E-state index contributed by atoms with van der Waals surface area (Å²) in [6, 6.07) is 10.9. The number of hydrogen-bond donors (Lipinski definition) is 1. The highest BCUT2D eigenvalue weighted by Crippen LogP contribution is 2.37. The summed E-state index contributed by atoms with van der Waals surface area (Å²) in [6.45, 7) is 0.403. The zero-order valence-electron chi connectivity index (χ0n) is 21.2. The van der Waals surface area contributed by atoms with E-state index in [1.165, 1.54) is 4.90 Å². The fourth-order valence-corrected chi connectivity index (χ4v) is 6.02. The summed E-state index contributed by atoms with van der Waals surface area (Å²) in [7, 11) is 0. The lowest BCUT2D eigenvalue weighted by Gasteiger charge is -2.41. The zero-order chi connectivity index (χ0) is 29.5. The highest BCUT2D eigenvalue weighted by Gasteiger charge is 2.39. The molecule has 0 saturated carbocycles. The monoisotopic (exact) mass is 613 g/mol. The molecule has 1 amide bonds. The number of nitrogens with one attached hydrogen (secondary N) is 1. The van der Waals surface area contributed by atoms with Crippen molar-refractivity contribution in [3.8, 4) is 0 Å². The molecule has 1 atom stereocenters. The van der Waals surface area contributed by atoms with Crippen LogP contribution in [-0.4, -0.2) is 58.7 Å². The van der Waals surface area contributed by atoms with Crippen LogP contribution < -0.4 is 0 Å². The molecule has 1 aliphatic heterocycles. The number of thiophene rings is 1. The summed E-state index contributed by atoms with van der Waals surface area (Å²) in [5.74, 6) is -1.12. The maximum atomic E-state index is 13.6.